The van der Waals surface area contributed by atoms with Crippen molar-refractivity contribution in [3.05, 3.63) is 23.8 Å². The molecule has 3 N–H and O–H groups in total. The van der Waals surface area contributed by atoms with E-state index in [-0.39, 0.29) is 12.5 Å². The topological polar surface area (TPSA) is 90.5 Å². The first-order valence-corrected chi connectivity index (χ1v) is 7.74. The normalized spacial score (nSPS) is 13.8. The molecule has 0 saturated carbocycles. The quantitative estimate of drug-likeness (QED) is 0.765. The van der Waals surface area contributed by atoms with E-state index in [1.165, 1.54) is 0 Å². The largest absolute Gasteiger partial charge is 0.376 e. The van der Waals surface area contributed by atoms with Gasteiger partial charge >= 0.3 is 6.03 Å². The van der Waals surface area contributed by atoms with Gasteiger partial charge in [0.2, 0.25) is 11.8 Å². The van der Waals surface area contributed by atoms with Gasteiger partial charge in [-0.1, -0.05) is 6.07 Å². The average molecular weight is 318 g/mol. The van der Waals surface area contributed by atoms with Gasteiger partial charge in [-0.25, -0.2) is 4.79 Å². The van der Waals surface area contributed by atoms with Crippen LogP contribution in [-0.2, 0) is 9.59 Å². The second-order valence-corrected chi connectivity index (χ2v) is 5.36. The smallest absolute Gasteiger partial charge is 0.321 e. The third-order valence-electron chi connectivity index (χ3n) is 3.70. The van der Waals surface area contributed by atoms with Crippen molar-refractivity contribution in [3.63, 3.8) is 0 Å². The lowest BCUT2D eigenvalue weighted by Crippen LogP contribution is -2.41. The first-order valence-electron chi connectivity index (χ1n) is 7.74. The summed E-state index contributed by atoms with van der Waals surface area (Å²) in [5.74, 6) is -0.294. The van der Waals surface area contributed by atoms with Crippen molar-refractivity contribution in [1.29, 1.82) is 0 Å². The van der Waals surface area contributed by atoms with E-state index in [9.17, 15) is 14.4 Å². The zero-order valence-corrected chi connectivity index (χ0v) is 13.4. The summed E-state index contributed by atoms with van der Waals surface area (Å²) in [5.41, 5.74) is 2.54. The molecule has 7 nitrogen and oxygen atoms in total. The van der Waals surface area contributed by atoms with Gasteiger partial charge in [0.05, 0.1) is 6.54 Å². The predicted octanol–water partition coefficient (Wildman–Crippen LogP) is 1.38. The van der Waals surface area contributed by atoms with Crippen molar-refractivity contribution >= 4 is 29.2 Å². The summed E-state index contributed by atoms with van der Waals surface area (Å²) in [6, 6.07) is 5.09. The van der Waals surface area contributed by atoms with Crippen molar-refractivity contribution in [2.24, 2.45) is 0 Å². The minimum absolute atomic E-state index is 0.0185. The Morgan fingerprint density at radius 3 is 2.74 bits per heavy atom. The Bertz CT molecular complexity index is 615. The number of anilines is 2. The Morgan fingerprint density at radius 1 is 1.30 bits per heavy atom. The molecule has 1 aromatic carbocycles. The third kappa shape index (κ3) is 4.21. The molecule has 1 heterocycles. The molecule has 7 heteroatoms. The van der Waals surface area contributed by atoms with Gasteiger partial charge < -0.3 is 15.5 Å². The fourth-order valence-corrected chi connectivity index (χ4v) is 2.56. The molecule has 0 aliphatic carbocycles. The molecule has 0 unspecified atom stereocenters. The summed E-state index contributed by atoms with van der Waals surface area (Å²) in [4.78, 5) is 36.6. The van der Waals surface area contributed by atoms with E-state index in [1.54, 1.807) is 11.8 Å². The first-order chi connectivity index (χ1) is 11.0. The number of benzene rings is 1. The highest BCUT2D eigenvalue weighted by molar-refractivity contribution is 5.98. The van der Waals surface area contributed by atoms with Crippen LogP contribution in [0.5, 0.6) is 0 Å². The van der Waals surface area contributed by atoms with Crippen molar-refractivity contribution in [2.75, 3.05) is 29.9 Å². The third-order valence-corrected chi connectivity index (χ3v) is 3.70. The summed E-state index contributed by atoms with van der Waals surface area (Å²) >= 11 is 0. The van der Waals surface area contributed by atoms with Gasteiger partial charge in [0.15, 0.2) is 0 Å². The highest BCUT2D eigenvalue weighted by Crippen LogP contribution is 2.29. The fraction of sp³-hybridized carbons (Fsp3) is 0.438. The van der Waals surface area contributed by atoms with Crippen molar-refractivity contribution in [1.82, 2.24) is 10.6 Å². The molecule has 1 aliphatic rings. The Balaban J connectivity index is 1.99. The molecular weight excluding hydrogens is 296 g/mol. The maximum absolute atomic E-state index is 11.9. The van der Waals surface area contributed by atoms with Crippen LogP contribution in [0.25, 0.3) is 0 Å². The molecule has 1 fully saturated rings. The number of hydrogen-bond acceptors (Lipinski definition) is 4. The summed E-state index contributed by atoms with van der Waals surface area (Å²) in [6.07, 6.45) is 1.44. The highest BCUT2D eigenvalue weighted by atomic mass is 16.2. The second kappa shape index (κ2) is 7.62. The molecule has 0 aromatic heterocycles. The van der Waals surface area contributed by atoms with Crippen molar-refractivity contribution in [3.8, 4) is 0 Å². The highest BCUT2D eigenvalue weighted by Gasteiger charge is 2.23. The molecule has 1 saturated heterocycles. The number of carbonyl (C=O) groups is 3. The van der Waals surface area contributed by atoms with Crippen molar-refractivity contribution < 1.29 is 14.4 Å². The maximum atomic E-state index is 11.9. The number of carbonyl (C=O) groups excluding carboxylic acids is 3. The zero-order valence-electron chi connectivity index (χ0n) is 13.4. The SMILES string of the molecule is CCNC(=O)NC(=O)CNc1cccc(N2CCCC2=O)c1C. The van der Waals surface area contributed by atoms with Crippen LogP contribution in [0.2, 0.25) is 0 Å². The number of urea groups is 1. The lowest BCUT2D eigenvalue weighted by atomic mass is 10.1. The van der Waals surface area contributed by atoms with Gasteiger partial charge in [-0.05, 0) is 38.0 Å². The Morgan fingerprint density at radius 2 is 2.09 bits per heavy atom. The lowest BCUT2D eigenvalue weighted by Gasteiger charge is -2.20. The molecule has 0 spiro atoms. The molecule has 1 aliphatic heterocycles. The minimum Gasteiger partial charge on any atom is -0.376 e. The number of nitrogens with zero attached hydrogens (tertiary/aromatic N) is 1. The summed E-state index contributed by atoms with van der Waals surface area (Å²) in [5, 5.41) is 7.73. The van der Waals surface area contributed by atoms with Gasteiger partial charge in [-0.2, -0.15) is 0 Å². The zero-order chi connectivity index (χ0) is 16.8. The number of amides is 4. The number of hydrogen-bond donors (Lipinski definition) is 3. The van der Waals surface area contributed by atoms with E-state index in [1.807, 2.05) is 25.1 Å². The van der Waals surface area contributed by atoms with Crippen LogP contribution in [0, 0.1) is 6.92 Å². The standard InChI is InChI=1S/C16H22N4O3/c1-3-17-16(23)19-14(21)10-18-12-6-4-7-13(11(12)2)20-9-5-8-15(20)22/h4,6-7,18H,3,5,8-10H2,1-2H3,(H2,17,19,21,23). The summed E-state index contributed by atoms with van der Waals surface area (Å²) < 4.78 is 0. The number of imide groups is 1. The van der Waals surface area contributed by atoms with E-state index >= 15 is 0 Å². The lowest BCUT2D eigenvalue weighted by molar-refractivity contribution is -0.118. The predicted molar refractivity (Wildman–Crippen MR) is 88.5 cm³/mol. The average Bonchev–Trinajstić information content (AvgIpc) is 2.92. The van der Waals surface area contributed by atoms with Crippen LogP contribution in [-0.4, -0.2) is 37.5 Å². The maximum Gasteiger partial charge on any atom is 0.321 e. The van der Waals surface area contributed by atoms with Gasteiger partial charge in [0.1, 0.15) is 0 Å². The molecule has 0 radical (unpaired) electrons. The molecule has 23 heavy (non-hydrogen) atoms. The molecular formula is C16H22N4O3. The molecule has 0 atom stereocenters. The van der Waals surface area contributed by atoms with Crippen LogP contribution in [0.3, 0.4) is 0 Å². The number of rotatable bonds is 5. The minimum atomic E-state index is -0.507. The molecule has 2 rings (SSSR count). The monoisotopic (exact) mass is 318 g/mol. The van der Waals surface area contributed by atoms with Gasteiger partial charge in [-0.3, -0.25) is 14.9 Å². The Labute approximate surface area is 135 Å². The van der Waals surface area contributed by atoms with Crippen LogP contribution in [0.1, 0.15) is 25.3 Å². The van der Waals surface area contributed by atoms with Crippen LogP contribution in [0.15, 0.2) is 18.2 Å². The van der Waals surface area contributed by atoms with E-state index in [2.05, 4.69) is 16.0 Å². The van der Waals surface area contributed by atoms with Gasteiger partial charge in [-0.15, -0.1) is 0 Å². The fourth-order valence-electron chi connectivity index (χ4n) is 2.56. The van der Waals surface area contributed by atoms with Crippen LogP contribution >= 0.6 is 0 Å². The summed E-state index contributed by atoms with van der Waals surface area (Å²) in [7, 11) is 0. The first kappa shape index (κ1) is 16.8. The molecule has 1 aromatic rings. The Hall–Kier alpha value is -2.57. The molecule has 4 amide bonds. The van der Waals surface area contributed by atoms with E-state index in [0.29, 0.717) is 13.0 Å². The number of nitrogens with one attached hydrogen (secondary N) is 3. The van der Waals surface area contributed by atoms with Crippen molar-refractivity contribution in [2.45, 2.75) is 26.7 Å². The summed E-state index contributed by atoms with van der Waals surface area (Å²) in [6.45, 7) is 4.84. The Kier molecular flexibility index (Phi) is 5.56. The van der Waals surface area contributed by atoms with Gasteiger partial charge in [0.25, 0.3) is 0 Å². The van der Waals surface area contributed by atoms with E-state index in [0.717, 1.165) is 29.9 Å². The second-order valence-electron chi connectivity index (χ2n) is 5.36. The van der Waals surface area contributed by atoms with Gasteiger partial charge in [0, 0.05) is 30.9 Å². The van der Waals surface area contributed by atoms with Crippen LogP contribution in [0.4, 0.5) is 16.2 Å². The van der Waals surface area contributed by atoms with E-state index in [4.69, 9.17) is 0 Å². The molecule has 0 bridgehead atoms. The van der Waals surface area contributed by atoms with E-state index < -0.39 is 11.9 Å². The van der Waals surface area contributed by atoms with Crippen LogP contribution < -0.4 is 20.9 Å². The molecule has 124 valence electrons.